The van der Waals surface area contributed by atoms with Crippen molar-refractivity contribution in [2.45, 2.75) is 25.8 Å². The van der Waals surface area contributed by atoms with Gasteiger partial charge in [-0.25, -0.2) is 5.01 Å². The highest BCUT2D eigenvalue weighted by Crippen LogP contribution is 2.26. The van der Waals surface area contributed by atoms with E-state index < -0.39 is 0 Å². The highest BCUT2D eigenvalue weighted by Gasteiger charge is 2.26. The molecule has 2 aliphatic rings. The summed E-state index contributed by atoms with van der Waals surface area (Å²) in [6, 6.07) is 0.748. The fraction of sp³-hybridized carbons (Fsp3) is 1.00. The van der Waals surface area contributed by atoms with Crippen molar-refractivity contribution in [1.82, 2.24) is 10.4 Å². The third kappa shape index (κ3) is 1.97. The molecule has 0 spiro atoms. The zero-order chi connectivity index (χ0) is 8.39. The van der Waals surface area contributed by atoms with Crippen LogP contribution in [0.4, 0.5) is 0 Å². The van der Waals surface area contributed by atoms with E-state index >= 15 is 0 Å². The molecule has 1 saturated carbocycles. The van der Waals surface area contributed by atoms with Gasteiger partial charge in [-0.2, -0.15) is 0 Å². The number of nitrogens with zero attached hydrogens (tertiary/aromatic N) is 1. The molecular weight excluding hydrogens is 152 g/mol. The molecule has 3 heteroatoms. The maximum absolute atomic E-state index is 5.27. The Morgan fingerprint density at radius 2 is 1.92 bits per heavy atom. The maximum Gasteiger partial charge on any atom is 0.0608 e. The van der Waals surface area contributed by atoms with Crippen LogP contribution in [0.5, 0.6) is 0 Å². The maximum atomic E-state index is 5.27. The number of hydrogen-bond donors (Lipinski definition) is 1. The predicted octanol–water partition coefficient (Wildman–Crippen LogP) is 0.622. The summed E-state index contributed by atoms with van der Waals surface area (Å²) in [6.45, 7) is 6.18. The van der Waals surface area contributed by atoms with Crippen LogP contribution < -0.4 is 5.43 Å². The molecule has 3 nitrogen and oxygen atoms in total. The minimum Gasteiger partial charge on any atom is -0.379 e. The fourth-order valence-electron chi connectivity index (χ4n) is 1.96. The Kier molecular flexibility index (Phi) is 2.63. The van der Waals surface area contributed by atoms with Crippen LogP contribution in [0, 0.1) is 5.92 Å². The molecule has 2 fully saturated rings. The molecule has 0 unspecified atom stereocenters. The third-order valence-corrected chi connectivity index (χ3v) is 2.75. The largest absolute Gasteiger partial charge is 0.379 e. The van der Waals surface area contributed by atoms with E-state index in [1.54, 1.807) is 0 Å². The molecule has 0 aromatic heterocycles. The van der Waals surface area contributed by atoms with Crippen LogP contribution in [0.2, 0.25) is 0 Å². The van der Waals surface area contributed by atoms with Crippen molar-refractivity contribution in [1.29, 1.82) is 0 Å². The first-order valence-corrected chi connectivity index (χ1v) is 4.93. The monoisotopic (exact) mass is 170 g/mol. The number of hydrazine groups is 1. The number of ether oxygens (including phenoxy) is 1. The molecule has 1 aliphatic heterocycles. The molecule has 0 amide bonds. The van der Waals surface area contributed by atoms with Crippen LogP contribution in [0.3, 0.4) is 0 Å². The lowest BCUT2D eigenvalue weighted by Crippen LogP contribution is -2.53. The van der Waals surface area contributed by atoms with Gasteiger partial charge in [0.1, 0.15) is 0 Å². The average molecular weight is 170 g/mol. The standard InChI is InChI=1S/C9H18N2O/c1-8-6-9(7-8)10-11-2-4-12-5-3-11/h8-10H,2-7H2,1H3. The smallest absolute Gasteiger partial charge is 0.0608 e. The summed E-state index contributed by atoms with van der Waals surface area (Å²) in [4.78, 5) is 0. The van der Waals surface area contributed by atoms with E-state index in [1.807, 2.05) is 0 Å². The van der Waals surface area contributed by atoms with Crippen LogP contribution in [0.15, 0.2) is 0 Å². The van der Waals surface area contributed by atoms with E-state index in [-0.39, 0.29) is 0 Å². The number of hydrogen-bond acceptors (Lipinski definition) is 3. The highest BCUT2D eigenvalue weighted by molar-refractivity contribution is 4.81. The Labute approximate surface area is 74.0 Å². The quantitative estimate of drug-likeness (QED) is 0.657. The third-order valence-electron chi connectivity index (χ3n) is 2.75. The summed E-state index contributed by atoms with van der Waals surface area (Å²) < 4.78 is 5.27. The molecule has 0 aromatic carbocycles. The molecule has 0 aromatic rings. The first-order valence-electron chi connectivity index (χ1n) is 4.93. The molecule has 70 valence electrons. The molecule has 2 rings (SSSR count). The minimum atomic E-state index is 0.748. The topological polar surface area (TPSA) is 24.5 Å². The Morgan fingerprint density at radius 1 is 1.25 bits per heavy atom. The van der Waals surface area contributed by atoms with Crippen LogP contribution in [-0.4, -0.2) is 37.4 Å². The molecule has 0 bridgehead atoms. The first-order chi connectivity index (χ1) is 5.84. The second kappa shape index (κ2) is 3.73. The van der Waals surface area contributed by atoms with Crippen LogP contribution in [0.1, 0.15) is 19.8 Å². The summed E-state index contributed by atoms with van der Waals surface area (Å²) >= 11 is 0. The van der Waals surface area contributed by atoms with Crippen molar-refractivity contribution in [3.63, 3.8) is 0 Å². The first kappa shape index (κ1) is 8.48. The van der Waals surface area contributed by atoms with Crippen molar-refractivity contribution < 1.29 is 4.74 Å². The van der Waals surface area contributed by atoms with E-state index in [2.05, 4.69) is 17.4 Å². The van der Waals surface area contributed by atoms with Gasteiger partial charge in [0.2, 0.25) is 0 Å². The van der Waals surface area contributed by atoms with Gasteiger partial charge in [0, 0.05) is 19.1 Å². The Morgan fingerprint density at radius 3 is 2.50 bits per heavy atom. The number of morpholine rings is 1. The average Bonchev–Trinajstić information content (AvgIpc) is 2.04. The van der Waals surface area contributed by atoms with Gasteiger partial charge in [-0.05, 0) is 18.8 Å². The molecule has 1 aliphatic carbocycles. The van der Waals surface area contributed by atoms with Crippen LogP contribution in [0.25, 0.3) is 0 Å². The summed E-state index contributed by atoms with van der Waals surface area (Å²) in [5.41, 5.74) is 3.54. The lowest BCUT2D eigenvalue weighted by molar-refractivity contribution is -0.00949. The van der Waals surface area contributed by atoms with Gasteiger partial charge in [0.05, 0.1) is 13.2 Å². The number of rotatable bonds is 2. The lowest BCUT2D eigenvalue weighted by atomic mass is 9.82. The number of nitrogens with one attached hydrogen (secondary N) is 1. The van der Waals surface area contributed by atoms with Gasteiger partial charge in [-0.1, -0.05) is 6.92 Å². The van der Waals surface area contributed by atoms with E-state index in [0.717, 1.165) is 38.3 Å². The zero-order valence-electron chi connectivity index (χ0n) is 7.75. The van der Waals surface area contributed by atoms with E-state index in [9.17, 15) is 0 Å². The van der Waals surface area contributed by atoms with Gasteiger partial charge >= 0.3 is 0 Å². The minimum absolute atomic E-state index is 0.748. The van der Waals surface area contributed by atoms with E-state index in [1.165, 1.54) is 12.8 Å². The van der Waals surface area contributed by atoms with Crippen molar-refractivity contribution in [2.24, 2.45) is 5.92 Å². The van der Waals surface area contributed by atoms with Crippen molar-refractivity contribution in [3.05, 3.63) is 0 Å². The second-order valence-electron chi connectivity index (χ2n) is 4.00. The molecule has 1 N–H and O–H groups in total. The molecule has 0 atom stereocenters. The van der Waals surface area contributed by atoms with Crippen molar-refractivity contribution >= 4 is 0 Å². The highest BCUT2D eigenvalue weighted by atomic mass is 16.5. The Hall–Kier alpha value is -0.120. The SMILES string of the molecule is CC1CC(NN2CCOCC2)C1. The molecule has 1 saturated heterocycles. The van der Waals surface area contributed by atoms with Crippen molar-refractivity contribution in [2.75, 3.05) is 26.3 Å². The molecule has 12 heavy (non-hydrogen) atoms. The van der Waals surface area contributed by atoms with E-state index in [0.29, 0.717) is 0 Å². The lowest BCUT2D eigenvalue weighted by Gasteiger charge is -2.39. The second-order valence-corrected chi connectivity index (χ2v) is 4.00. The summed E-state index contributed by atoms with van der Waals surface area (Å²) in [7, 11) is 0. The molecular formula is C9H18N2O. The van der Waals surface area contributed by atoms with Gasteiger partial charge in [-0.3, -0.25) is 5.43 Å². The van der Waals surface area contributed by atoms with Gasteiger partial charge < -0.3 is 4.74 Å². The van der Waals surface area contributed by atoms with Crippen molar-refractivity contribution in [3.8, 4) is 0 Å². The van der Waals surface area contributed by atoms with Crippen LogP contribution in [-0.2, 0) is 4.74 Å². The fourth-order valence-corrected chi connectivity index (χ4v) is 1.96. The molecule has 0 radical (unpaired) electrons. The molecule has 1 heterocycles. The Bertz CT molecular complexity index is 139. The summed E-state index contributed by atoms with van der Waals surface area (Å²) in [6.07, 6.45) is 2.69. The van der Waals surface area contributed by atoms with Gasteiger partial charge in [0.25, 0.3) is 0 Å². The summed E-state index contributed by atoms with van der Waals surface area (Å²) in [5, 5.41) is 2.31. The van der Waals surface area contributed by atoms with Crippen LogP contribution >= 0.6 is 0 Å². The van der Waals surface area contributed by atoms with Gasteiger partial charge in [0.15, 0.2) is 0 Å². The van der Waals surface area contributed by atoms with E-state index in [4.69, 9.17) is 4.74 Å². The Balaban J connectivity index is 1.65. The summed E-state index contributed by atoms with van der Waals surface area (Å²) in [5.74, 6) is 0.934. The van der Waals surface area contributed by atoms with Gasteiger partial charge in [-0.15, -0.1) is 0 Å². The predicted molar refractivity (Wildman–Crippen MR) is 47.7 cm³/mol. The normalized spacial score (nSPS) is 37.8. The zero-order valence-corrected chi connectivity index (χ0v) is 7.75.